The molecule has 1 aliphatic heterocycles. The smallest absolute Gasteiger partial charge is 0.339 e. The van der Waals surface area contributed by atoms with E-state index in [2.05, 4.69) is 26.8 Å². The Bertz CT molecular complexity index is 1700. The van der Waals surface area contributed by atoms with Crippen molar-refractivity contribution in [2.75, 3.05) is 25.2 Å². The lowest BCUT2D eigenvalue weighted by atomic mass is 9.69. The molecule has 1 atom stereocenters. The zero-order valence-corrected chi connectivity index (χ0v) is 24.6. The van der Waals surface area contributed by atoms with E-state index in [1.165, 1.54) is 0 Å². The Morgan fingerprint density at radius 1 is 0.976 bits per heavy atom. The normalized spacial score (nSPS) is 17.2. The number of carbonyl (C=O) groups is 2. The molecular weight excluding hydrogens is 524 g/mol. The second-order valence-electron chi connectivity index (χ2n) is 12.2. The van der Waals surface area contributed by atoms with Crippen LogP contribution in [-0.2, 0) is 22.4 Å². The number of benzene rings is 3. The molecule has 6 heteroatoms. The number of allylic oxidation sites excluding steroid dienone is 1. The monoisotopic (exact) mass is 560 g/mol. The van der Waals surface area contributed by atoms with Gasteiger partial charge < -0.3 is 14.4 Å². The highest BCUT2D eigenvalue weighted by Gasteiger charge is 2.36. The van der Waals surface area contributed by atoms with Gasteiger partial charge in [-0.15, -0.1) is 0 Å². The predicted octanol–water partition coefficient (Wildman–Crippen LogP) is 7.14. The molecule has 2 aliphatic rings. The summed E-state index contributed by atoms with van der Waals surface area (Å²) in [4.78, 5) is 33.9. The molecule has 214 valence electrons. The lowest BCUT2D eigenvalue weighted by Gasteiger charge is -2.36. The lowest BCUT2D eigenvalue weighted by Crippen LogP contribution is -2.33. The first-order valence-electron chi connectivity index (χ1n) is 14.5. The minimum atomic E-state index is -0.482. The van der Waals surface area contributed by atoms with Gasteiger partial charge in [0, 0.05) is 17.6 Å². The van der Waals surface area contributed by atoms with Crippen molar-refractivity contribution >= 4 is 40.1 Å². The van der Waals surface area contributed by atoms with Gasteiger partial charge in [0.25, 0.3) is 5.91 Å². The van der Waals surface area contributed by atoms with E-state index in [-0.39, 0.29) is 23.8 Å². The number of ether oxygens (including phenoxy) is 2. The number of rotatable bonds is 5. The van der Waals surface area contributed by atoms with Gasteiger partial charge in [-0.25, -0.2) is 9.78 Å². The van der Waals surface area contributed by atoms with Crippen molar-refractivity contribution in [2.45, 2.75) is 40.0 Å². The van der Waals surface area contributed by atoms with Gasteiger partial charge in [0.1, 0.15) is 5.75 Å². The van der Waals surface area contributed by atoms with E-state index >= 15 is 0 Å². The number of esters is 1. The number of nitrogens with zero attached hydrogens (tertiary/aromatic N) is 2. The second-order valence-corrected chi connectivity index (χ2v) is 12.2. The number of hydrogen-bond donors (Lipinski definition) is 0. The van der Waals surface area contributed by atoms with Crippen LogP contribution in [-0.4, -0.2) is 37.1 Å². The van der Waals surface area contributed by atoms with E-state index in [1.54, 1.807) is 12.0 Å². The highest BCUT2D eigenvalue weighted by Crippen LogP contribution is 2.45. The Morgan fingerprint density at radius 3 is 2.48 bits per heavy atom. The SMILES string of the molecule is COc1ccc(/C=C2\C[C@H](C(C)(C)C)Cc3c2nc2ccccc2c3C(=O)OCC(=O)N2CCc3ccccc32)cc1. The molecule has 6 rings (SSSR count). The molecule has 0 saturated carbocycles. The fraction of sp³-hybridized carbons (Fsp3) is 0.306. The molecule has 1 aliphatic carbocycles. The summed E-state index contributed by atoms with van der Waals surface area (Å²) in [5.41, 5.74) is 7.14. The Morgan fingerprint density at radius 2 is 1.71 bits per heavy atom. The maximum atomic E-state index is 13.9. The van der Waals surface area contributed by atoms with Gasteiger partial charge in [0.05, 0.1) is 23.9 Å². The fourth-order valence-electron chi connectivity index (χ4n) is 6.15. The van der Waals surface area contributed by atoms with Crippen molar-refractivity contribution in [2.24, 2.45) is 11.3 Å². The number of methoxy groups -OCH3 is 1. The molecule has 1 aromatic heterocycles. The van der Waals surface area contributed by atoms with Gasteiger partial charge in [-0.05, 0) is 83.2 Å². The van der Waals surface area contributed by atoms with Gasteiger partial charge in [-0.2, -0.15) is 0 Å². The average Bonchev–Trinajstić information content (AvgIpc) is 3.43. The number of amides is 1. The van der Waals surface area contributed by atoms with E-state index in [1.807, 2.05) is 72.8 Å². The summed E-state index contributed by atoms with van der Waals surface area (Å²) in [5, 5.41) is 0.749. The first-order valence-corrected chi connectivity index (χ1v) is 14.5. The van der Waals surface area contributed by atoms with Gasteiger partial charge in [-0.1, -0.05) is 69.3 Å². The number of fused-ring (bicyclic) bond motifs is 3. The van der Waals surface area contributed by atoms with Crippen LogP contribution in [0.25, 0.3) is 22.6 Å². The van der Waals surface area contributed by atoms with Crippen molar-refractivity contribution in [1.82, 2.24) is 4.98 Å². The Hall–Kier alpha value is -4.45. The van der Waals surface area contributed by atoms with E-state index < -0.39 is 5.97 Å². The molecule has 1 amide bonds. The van der Waals surface area contributed by atoms with Crippen LogP contribution in [0.1, 0.15) is 59.9 Å². The fourth-order valence-corrected chi connectivity index (χ4v) is 6.15. The van der Waals surface area contributed by atoms with Crippen LogP contribution in [0.4, 0.5) is 5.69 Å². The van der Waals surface area contributed by atoms with Crippen LogP contribution in [0.2, 0.25) is 0 Å². The van der Waals surface area contributed by atoms with Gasteiger partial charge >= 0.3 is 5.97 Å². The average molecular weight is 561 g/mol. The summed E-state index contributed by atoms with van der Waals surface area (Å²) in [6.07, 6.45) is 4.51. The minimum Gasteiger partial charge on any atom is -0.497 e. The van der Waals surface area contributed by atoms with Crippen LogP contribution in [0, 0.1) is 11.3 Å². The number of pyridine rings is 1. The van der Waals surface area contributed by atoms with Gasteiger partial charge in [0.2, 0.25) is 0 Å². The van der Waals surface area contributed by atoms with Crippen LogP contribution in [0.5, 0.6) is 5.75 Å². The molecule has 0 unspecified atom stereocenters. The standard InChI is InChI=1S/C36H36N2O4/c1-36(2,3)26-20-25(19-23-13-15-27(41-4)16-14-23)34-29(21-26)33(28-10-6-7-11-30(28)37-34)35(40)42-22-32(39)38-18-17-24-9-5-8-12-31(24)38/h5-16,19,26H,17-18,20-22H2,1-4H3/b25-19+/t26-/m0/s1. The molecule has 4 aromatic rings. The minimum absolute atomic E-state index is 0.00260. The molecule has 0 spiro atoms. The Balaban J connectivity index is 1.39. The molecule has 3 aromatic carbocycles. The highest BCUT2D eigenvalue weighted by molar-refractivity contribution is 6.07. The molecule has 0 radical (unpaired) electrons. The van der Waals surface area contributed by atoms with E-state index in [0.29, 0.717) is 18.5 Å². The van der Waals surface area contributed by atoms with Crippen LogP contribution in [0.3, 0.4) is 0 Å². The first kappa shape index (κ1) is 27.7. The predicted molar refractivity (Wildman–Crippen MR) is 167 cm³/mol. The van der Waals surface area contributed by atoms with Crippen molar-refractivity contribution in [1.29, 1.82) is 0 Å². The maximum Gasteiger partial charge on any atom is 0.339 e. The molecule has 0 bridgehead atoms. The molecule has 2 heterocycles. The summed E-state index contributed by atoms with van der Waals surface area (Å²) >= 11 is 0. The van der Waals surface area contributed by atoms with Crippen molar-refractivity contribution in [3.8, 4) is 5.75 Å². The molecule has 6 nitrogen and oxygen atoms in total. The number of para-hydroxylation sites is 2. The number of anilines is 1. The molecular formula is C36H36N2O4. The Kier molecular flexibility index (Phi) is 7.31. The van der Waals surface area contributed by atoms with Crippen LogP contribution < -0.4 is 9.64 Å². The molecule has 42 heavy (non-hydrogen) atoms. The summed E-state index contributed by atoms with van der Waals surface area (Å²) in [6, 6.07) is 23.5. The lowest BCUT2D eigenvalue weighted by molar-refractivity contribution is -0.121. The number of aromatic nitrogens is 1. The quantitative estimate of drug-likeness (QED) is 0.243. The van der Waals surface area contributed by atoms with E-state index in [0.717, 1.165) is 63.1 Å². The summed E-state index contributed by atoms with van der Waals surface area (Å²) in [5.74, 6) is 0.388. The summed E-state index contributed by atoms with van der Waals surface area (Å²) < 4.78 is 11.1. The highest BCUT2D eigenvalue weighted by atomic mass is 16.5. The van der Waals surface area contributed by atoms with Gasteiger partial charge in [-0.3, -0.25) is 4.79 Å². The number of carbonyl (C=O) groups excluding carboxylic acids is 2. The van der Waals surface area contributed by atoms with Gasteiger partial charge in [0.15, 0.2) is 6.61 Å². The first-order chi connectivity index (χ1) is 20.2. The largest absolute Gasteiger partial charge is 0.497 e. The summed E-state index contributed by atoms with van der Waals surface area (Å²) in [7, 11) is 1.66. The third-order valence-electron chi connectivity index (χ3n) is 8.61. The summed E-state index contributed by atoms with van der Waals surface area (Å²) in [6.45, 7) is 7.01. The zero-order chi connectivity index (χ0) is 29.4. The van der Waals surface area contributed by atoms with Crippen molar-refractivity contribution < 1.29 is 19.1 Å². The third-order valence-corrected chi connectivity index (χ3v) is 8.61. The molecule has 0 N–H and O–H groups in total. The van der Waals surface area contributed by atoms with E-state index in [4.69, 9.17) is 14.5 Å². The van der Waals surface area contributed by atoms with E-state index in [9.17, 15) is 9.59 Å². The topological polar surface area (TPSA) is 68.7 Å². The van der Waals surface area contributed by atoms with Crippen molar-refractivity contribution in [3.05, 3.63) is 101 Å². The Labute approximate surface area is 247 Å². The second kappa shape index (κ2) is 11.1. The zero-order valence-electron chi connectivity index (χ0n) is 24.6. The molecule has 0 saturated heterocycles. The van der Waals surface area contributed by atoms with Crippen LogP contribution >= 0.6 is 0 Å². The molecule has 0 fully saturated rings. The van der Waals surface area contributed by atoms with Crippen LogP contribution in [0.15, 0.2) is 72.8 Å². The number of hydrogen-bond acceptors (Lipinski definition) is 5. The third kappa shape index (κ3) is 5.29. The maximum absolute atomic E-state index is 13.9. The van der Waals surface area contributed by atoms with Crippen molar-refractivity contribution in [3.63, 3.8) is 0 Å².